The first-order valence-corrected chi connectivity index (χ1v) is 10.1. The van der Waals surface area contributed by atoms with Crippen molar-refractivity contribution in [2.75, 3.05) is 7.11 Å². The molecule has 2 N–H and O–H groups in total. The number of piperidine rings is 1. The monoisotopic (exact) mass is 385 g/mol. The van der Waals surface area contributed by atoms with Crippen LogP contribution in [0.25, 0.3) is 10.9 Å². The SMILES string of the molecule is COc1ccc(C2(C#N)CCC3(CCCc4c3[nH]c3ccccc43)NC2=O)cc1. The third-order valence-electron chi connectivity index (χ3n) is 6.76. The Bertz CT molecular complexity index is 1140. The Balaban J connectivity index is 1.55. The zero-order valence-corrected chi connectivity index (χ0v) is 16.4. The molecular formula is C24H23N3O2. The number of benzene rings is 2. The van der Waals surface area contributed by atoms with E-state index in [0.29, 0.717) is 12.2 Å². The van der Waals surface area contributed by atoms with E-state index in [1.165, 1.54) is 10.9 Å². The van der Waals surface area contributed by atoms with E-state index in [0.717, 1.165) is 42.5 Å². The molecule has 5 rings (SSSR count). The van der Waals surface area contributed by atoms with Crippen LogP contribution in [0.1, 0.15) is 42.5 Å². The number of nitriles is 1. The maximum absolute atomic E-state index is 13.4. The highest BCUT2D eigenvalue weighted by molar-refractivity contribution is 5.93. The molecule has 1 amide bonds. The third-order valence-corrected chi connectivity index (χ3v) is 6.76. The number of H-pyrrole nitrogens is 1. The van der Waals surface area contributed by atoms with Gasteiger partial charge >= 0.3 is 0 Å². The van der Waals surface area contributed by atoms with Crippen LogP contribution in [-0.2, 0) is 22.2 Å². The molecule has 1 aliphatic heterocycles. The first-order valence-electron chi connectivity index (χ1n) is 10.1. The van der Waals surface area contributed by atoms with Crippen LogP contribution in [0.3, 0.4) is 0 Å². The largest absolute Gasteiger partial charge is 0.497 e. The number of methoxy groups -OCH3 is 1. The third kappa shape index (κ3) is 2.49. The van der Waals surface area contributed by atoms with Gasteiger partial charge in [0.25, 0.3) is 0 Å². The number of carbonyl (C=O) groups excluding carboxylic acids is 1. The number of ether oxygens (including phenoxy) is 1. The van der Waals surface area contributed by atoms with Gasteiger partial charge in [-0.05, 0) is 61.4 Å². The number of carbonyl (C=O) groups is 1. The van der Waals surface area contributed by atoms with Gasteiger partial charge in [0.15, 0.2) is 5.41 Å². The van der Waals surface area contributed by atoms with Gasteiger partial charge in [-0.3, -0.25) is 4.79 Å². The summed E-state index contributed by atoms with van der Waals surface area (Å²) in [7, 11) is 1.60. The molecule has 3 aromatic rings. The average molecular weight is 385 g/mol. The summed E-state index contributed by atoms with van der Waals surface area (Å²) in [6.07, 6.45) is 4.16. The molecule has 1 aromatic heterocycles. The maximum atomic E-state index is 13.4. The summed E-state index contributed by atoms with van der Waals surface area (Å²) < 4.78 is 5.22. The van der Waals surface area contributed by atoms with Gasteiger partial charge in [-0.2, -0.15) is 5.26 Å². The molecule has 0 radical (unpaired) electrons. The zero-order chi connectivity index (χ0) is 20.1. The van der Waals surface area contributed by atoms with Crippen LogP contribution < -0.4 is 10.1 Å². The van der Waals surface area contributed by atoms with Gasteiger partial charge in [0.1, 0.15) is 5.75 Å². The summed E-state index contributed by atoms with van der Waals surface area (Å²) in [5.41, 5.74) is 2.68. The molecule has 2 heterocycles. The number of aryl methyl sites for hydroxylation is 1. The van der Waals surface area contributed by atoms with Crippen LogP contribution in [0.15, 0.2) is 48.5 Å². The van der Waals surface area contributed by atoms with Gasteiger partial charge < -0.3 is 15.0 Å². The molecule has 2 aliphatic rings. The van der Waals surface area contributed by atoms with Gasteiger partial charge in [-0.25, -0.2) is 0 Å². The number of aromatic nitrogens is 1. The van der Waals surface area contributed by atoms with Crippen molar-refractivity contribution in [3.05, 3.63) is 65.4 Å². The van der Waals surface area contributed by atoms with Crippen LogP contribution in [0.5, 0.6) is 5.75 Å². The van der Waals surface area contributed by atoms with Crippen molar-refractivity contribution in [1.82, 2.24) is 10.3 Å². The van der Waals surface area contributed by atoms with Crippen molar-refractivity contribution in [3.8, 4) is 11.8 Å². The van der Waals surface area contributed by atoms with E-state index in [2.05, 4.69) is 34.6 Å². The highest BCUT2D eigenvalue weighted by Gasteiger charge is 2.52. The Morgan fingerprint density at radius 2 is 1.86 bits per heavy atom. The number of nitrogens with zero attached hydrogens (tertiary/aromatic N) is 1. The standard InChI is InChI=1S/C24H23N3O2/c1-29-17-10-8-16(9-11-17)23(15-25)13-14-24(27-22(23)28)12-4-6-19-18-5-2-3-7-20(18)26-21(19)24/h2-3,5,7-11,26H,4,6,12-14H2,1H3,(H,27,28). The molecule has 2 aromatic carbocycles. The van der Waals surface area contributed by atoms with E-state index in [-0.39, 0.29) is 5.91 Å². The van der Waals surface area contributed by atoms with E-state index in [1.54, 1.807) is 7.11 Å². The van der Waals surface area contributed by atoms with Crippen molar-refractivity contribution in [2.45, 2.75) is 43.1 Å². The van der Waals surface area contributed by atoms with E-state index in [9.17, 15) is 10.1 Å². The Morgan fingerprint density at radius 3 is 2.59 bits per heavy atom. The van der Waals surface area contributed by atoms with Gasteiger partial charge in [-0.1, -0.05) is 30.3 Å². The number of hydrogen-bond donors (Lipinski definition) is 2. The van der Waals surface area contributed by atoms with Crippen molar-refractivity contribution in [3.63, 3.8) is 0 Å². The number of hydrogen-bond acceptors (Lipinski definition) is 3. The molecule has 1 aliphatic carbocycles. The first kappa shape index (κ1) is 17.8. The molecule has 2 unspecified atom stereocenters. The van der Waals surface area contributed by atoms with E-state index in [4.69, 9.17) is 4.74 Å². The number of rotatable bonds is 2. The first-order chi connectivity index (χ1) is 14.1. The lowest BCUT2D eigenvalue weighted by molar-refractivity contribution is -0.130. The predicted molar refractivity (Wildman–Crippen MR) is 111 cm³/mol. The molecular weight excluding hydrogens is 362 g/mol. The predicted octanol–water partition coefficient (Wildman–Crippen LogP) is 4.08. The smallest absolute Gasteiger partial charge is 0.245 e. The second-order valence-electron chi connectivity index (χ2n) is 8.16. The fraction of sp³-hybridized carbons (Fsp3) is 0.333. The van der Waals surface area contributed by atoms with E-state index < -0.39 is 11.0 Å². The number of para-hydroxylation sites is 1. The van der Waals surface area contributed by atoms with Gasteiger partial charge in [0.2, 0.25) is 5.91 Å². The number of nitrogens with one attached hydrogen (secondary N) is 2. The van der Waals surface area contributed by atoms with Crippen LogP contribution in [0.4, 0.5) is 0 Å². The van der Waals surface area contributed by atoms with Crippen LogP contribution in [0.2, 0.25) is 0 Å². The quantitative estimate of drug-likeness (QED) is 0.698. The number of aromatic amines is 1. The minimum absolute atomic E-state index is 0.206. The minimum Gasteiger partial charge on any atom is -0.497 e. The lowest BCUT2D eigenvalue weighted by atomic mass is 9.66. The van der Waals surface area contributed by atoms with Crippen molar-refractivity contribution in [2.24, 2.45) is 0 Å². The van der Waals surface area contributed by atoms with Gasteiger partial charge in [-0.15, -0.1) is 0 Å². The van der Waals surface area contributed by atoms with Crippen LogP contribution >= 0.6 is 0 Å². The molecule has 146 valence electrons. The Kier molecular flexibility index (Phi) is 3.92. The maximum Gasteiger partial charge on any atom is 0.245 e. The molecule has 0 saturated carbocycles. The minimum atomic E-state index is -1.17. The molecule has 0 bridgehead atoms. The summed E-state index contributed by atoms with van der Waals surface area (Å²) in [5, 5.41) is 14.6. The second-order valence-corrected chi connectivity index (χ2v) is 8.16. The summed E-state index contributed by atoms with van der Waals surface area (Å²) in [6, 6.07) is 17.9. The molecule has 1 spiro atoms. The Hall–Kier alpha value is -3.26. The lowest BCUT2D eigenvalue weighted by Gasteiger charge is -2.45. The summed E-state index contributed by atoms with van der Waals surface area (Å²) in [4.78, 5) is 17.0. The highest BCUT2D eigenvalue weighted by Crippen LogP contribution is 2.47. The zero-order valence-electron chi connectivity index (χ0n) is 16.4. The average Bonchev–Trinajstić information content (AvgIpc) is 3.15. The lowest BCUT2D eigenvalue weighted by Crippen LogP contribution is -2.59. The fourth-order valence-corrected chi connectivity index (χ4v) is 5.16. The Labute approximate surface area is 169 Å². The van der Waals surface area contributed by atoms with E-state index in [1.807, 2.05) is 30.3 Å². The summed E-state index contributed by atoms with van der Waals surface area (Å²) in [6.45, 7) is 0. The fourth-order valence-electron chi connectivity index (χ4n) is 5.16. The molecule has 29 heavy (non-hydrogen) atoms. The highest BCUT2D eigenvalue weighted by atomic mass is 16.5. The topological polar surface area (TPSA) is 77.9 Å². The van der Waals surface area contributed by atoms with Crippen molar-refractivity contribution in [1.29, 1.82) is 5.26 Å². The molecule has 1 saturated heterocycles. The van der Waals surface area contributed by atoms with Gasteiger partial charge in [0.05, 0.1) is 18.7 Å². The van der Waals surface area contributed by atoms with Crippen LogP contribution in [-0.4, -0.2) is 18.0 Å². The van der Waals surface area contributed by atoms with E-state index >= 15 is 0 Å². The van der Waals surface area contributed by atoms with Gasteiger partial charge in [0, 0.05) is 16.6 Å². The normalized spacial score (nSPS) is 26.0. The summed E-state index contributed by atoms with van der Waals surface area (Å²) in [5.74, 6) is 0.507. The molecule has 1 fully saturated rings. The molecule has 2 atom stereocenters. The second kappa shape index (κ2) is 6.38. The molecule has 5 nitrogen and oxygen atoms in total. The van der Waals surface area contributed by atoms with Crippen LogP contribution in [0, 0.1) is 11.3 Å². The van der Waals surface area contributed by atoms with Crippen molar-refractivity contribution >= 4 is 16.8 Å². The van der Waals surface area contributed by atoms with Crippen molar-refractivity contribution < 1.29 is 9.53 Å². The number of amides is 1. The molecule has 5 heteroatoms. The number of fused-ring (bicyclic) bond motifs is 4. The summed E-state index contributed by atoms with van der Waals surface area (Å²) >= 11 is 0. The Morgan fingerprint density at radius 1 is 1.07 bits per heavy atom.